The predicted molar refractivity (Wildman–Crippen MR) is 189 cm³/mol. The van der Waals surface area contributed by atoms with Crippen LogP contribution in [0.2, 0.25) is 0 Å². The van der Waals surface area contributed by atoms with Crippen LogP contribution in [0.4, 0.5) is 24.8 Å². The Kier molecular flexibility index (Phi) is 10.3. The third kappa shape index (κ3) is 7.88. The van der Waals surface area contributed by atoms with Gasteiger partial charge in [-0.2, -0.15) is 21.6 Å². The average Bonchev–Trinajstić information content (AvgIpc) is 3.66. The van der Waals surface area contributed by atoms with Crippen LogP contribution in [0.25, 0.3) is 17.1 Å². The van der Waals surface area contributed by atoms with Crippen LogP contribution in [0.15, 0.2) is 66.0 Å². The summed E-state index contributed by atoms with van der Waals surface area (Å²) in [4.78, 5) is 15.6. The van der Waals surface area contributed by atoms with E-state index < -0.39 is 39.4 Å². The summed E-state index contributed by atoms with van der Waals surface area (Å²) in [5.74, 6) is 0.439. The monoisotopic (exact) mass is 743 g/mol. The van der Waals surface area contributed by atoms with Gasteiger partial charge in [-0.25, -0.2) is 19.6 Å². The molecule has 2 atom stereocenters. The Balaban J connectivity index is 1.36. The van der Waals surface area contributed by atoms with Crippen molar-refractivity contribution in [1.82, 2.24) is 24.7 Å². The summed E-state index contributed by atoms with van der Waals surface area (Å²) >= 11 is 0. The second-order valence-electron chi connectivity index (χ2n) is 14.5. The molecule has 52 heavy (non-hydrogen) atoms. The zero-order chi connectivity index (χ0) is 37.4. The minimum atomic E-state index is -4.48. The molecule has 6 rings (SSSR count). The minimum absolute atomic E-state index is 0.0441. The van der Waals surface area contributed by atoms with E-state index >= 15 is 0 Å². The highest BCUT2D eigenvalue weighted by molar-refractivity contribution is 7.92. The van der Waals surface area contributed by atoms with Gasteiger partial charge in [-0.1, -0.05) is 43.2 Å². The zero-order valence-corrected chi connectivity index (χ0v) is 30.2. The van der Waals surface area contributed by atoms with Crippen LogP contribution in [-0.4, -0.2) is 80.4 Å². The quantitative estimate of drug-likeness (QED) is 0.212. The molecule has 0 saturated heterocycles. The fourth-order valence-corrected chi connectivity index (χ4v) is 7.50. The number of nitrogens with zero attached hydrogens (tertiary/aromatic N) is 6. The van der Waals surface area contributed by atoms with Gasteiger partial charge < -0.3 is 19.8 Å². The van der Waals surface area contributed by atoms with Crippen LogP contribution in [0.3, 0.4) is 0 Å². The van der Waals surface area contributed by atoms with Gasteiger partial charge in [0.1, 0.15) is 23.7 Å². The van der Waals surface area contributed by atoms with Gasteiger partial charge in [0.25, 0.3) is 10.0 Å². The highest BCUT2D eigenvalue weighted by Gasteiger charge is 2.51. The van der Waals surface area contributed by atoms with Gasteiger partial charge in [-0.15, -0.1) is 5.10 Å². The van der Waals surface area contributed by atoms with Crippen molar-refractivity contribution in [3.8, 4) is 23.0 Å². The molecule has 3 aromatic heterocycles. The molecule has 16 heteroatoms. The van der Waals surface area contributed by atoms with E-state index in [4.69, 9.17) is 9.72 Å². The van der Waals surface area contributed by atoms with Gasteiger partial charge in [0.05, 0.1) is 23.8 Å². The van der Waals surface area contributed by atoms with E-state index in [1.54, 1.807) is 19.1 Å². The van der Waals surface area contributed by atoms with Crippen molar-refractivity contribution in [3.05, 3.63) is 66.5 Å². The van der Waals surface area contributed by atoms with E-state index in [9.17, 15) is 31.8 Å². The molecular weight excluding hydrogens is 700 g/mol. The van der Waals surface area contributed by atoms with Crippen molar-refractivity contribution in [1.29, 1.82) is 0 Å². The number of aliphatic hydroxyl groups is 2. The molecule has 2 aliphatic rings. The first kappa shape index (κ1) is 37.5. The van der Waals surface area contributed by atoms with E-state index in [0.29, 0.717) is 49.3 Å². The molecule has 4 bridgehead atoms. The number of nitrogens with one attached hydrogen (secondary N) is 1. The number of halogens is 3. The Bertz CT molecular complexity index is 2000. The van der Waals surface area contributed by atoms with Crippen molar-refractivity contribution < 1.29 is 36.5 Å². The van der Waals surface area contributed by atoms with Crippen LogP contribution in [0, 0.1) is 5.41 Å². The number of hydrogen-bond donors (Lipinski definition) is 3. The predicted octanol–water partition coefficient (Wildman–Crippen LogP) is 6.08. The summed E-state index contributed by atoms with van der Waals surface area (Å²) in [5, 5.41) is 26.6. The molecule has 0 radical (unpaired) electrons. The minimum Gasteiger partial charge on any atom is -0.476 e. The van der Waals surface area contributed by atoms with Gasteiger partial charge >= 0.3 is 6.18 Å². The molecule has 3 N–H and O–H groups in total. The smallest absolute Gasteiger partial charge is 0.397 e. The lowest BCUT2D eigenvalue weighted by molar-refractivity contribution is -0.219. The number of aromatic nitrogens is 5. The number of ether oxygens (including phenoxy) is 1. The number of sulfonamides is 1. The van der Waals surface area contributed by atoms with Crippen LogP contribution in [-0.2, 0) is 16.4 Å². The van der Waals surface area contributed by atoms with E-state index in [-0.39, 0.29) is 29.1 Å². The number of hydrogen-bond acceptors (Lipinski definition) is 10. The number of rotatable bonds is 6. The van der Waals surface area contributed by atoms with Crippen LogP contribution < -0.4 is 14.4 Å². The van der Waals surface area contributed by atoms with Crippen molar-refractivity contribution in [3.63, 3.8) is 0 Å². The number of pyridine rings is 1. The van der Waals surface area contributed by atoms with Gasteiger partial charge in [-0.3, -0.25) is 4.72 Å². The normalized spacial score (nSPS) is 22.7. The molecule has 2 unspecified atom stereocenters. The lowest BCUT2D eigenvalue weighted by Gasteiger charge is -2.40. The number of aryl methyl sites for hydroxylation is 1. The molecular formula is C36H44F3N7O5S. The van der Waals surface area contributed by atoms with Gasteiger partial charge in [0.2, 0.25) is 5.88 Å². The van der Waals surface area contributed by atoms with Crippen molar-refractivity contribution in [2.24, 2.45) is 5.41 Å². The molecule has 0 spiro atoms. The highest BCUT2D eigenvalue weighted by Crippen LogP contribution is 2.41. The van der Waals surface area contributed by atoms with Crippen molar-refractivity contribution >= 4 is 21.7 Å². The number of β-amino-alcohol motifs (C(OH)–C–C–N with tert-alkyl or cyclic N) is 1. The Morgan fingerprint density at radius 3 is 2.48 bits per heavy atom. The summed E-state index contributed by atoms with van der Waals surface area (Å²) < 4.78 is 77.2. The summed E-state index contributed by atoms with van der Waals surface area (Å²) in [6, 6.07) is 13.6. The van der Waals surface area contributed by atoms with Crippen molar-refractivity contribution in [2.75, 3.05) is 29.3 Å². The SMILES string of the molecule is CC(C)(COc1ccn(-c2ncc3nc2-c2ccccc2CCCCCCN(CC2(O)CCCC2(C)O)c2cccc(n2)S(=O)(=O)N3)n1)C(F)(F)F. The number of benzene rings is 1. The Morgan fingerprint density at radius 2 is 1.73 bits per heavy atom. The molecule has 1 fully saturated rings. The standard InChI is InChI=1S/C36H44F3N7O5S/c1-33(2,36(37,38)39)24-51-29-17-21-46(43-29)32-31-26-14-8-7-13-25(26)12-6-4-5-9-20-45(23-35(48)19-11-18-34(35,3)47)28-15-10-16-30(42-28)52(49,50)44-27(41-31)22-40-32/h7-8,10,13-17,21-22,47-48H,4-6,9,11-12,18-20,23-24H2,1-3H3,(H,41,44). The molecule has 1 aliphatic carbocycles. The lowest BCUT2D eigenvalue weighted by atomic mass is 9.87. The number of anilines is 2. The second-order valence-corrected chi connectivity index (χ2v) is 16.2. The summed E-state index contributed by atoms with van der Waals surface area (Å²) in [5.41, 5.74) is -2.86. The summed E-state index contributed by atoms with van der Waals surface area (Å²) in [6.45, 7) is 3.66. The maximum atomic E-state index is 13.8. The molecule has 1 aliphatic heterocycles. The first-order valence-electron chi connectivity index (χ1n) is 17.4. The summed E-state index contributed by atoms with van der Waals surface area (Å²) in [6.07, 6.45) is 3.81. The van der Waals surface area contributed by atoms with Crippen LogP contribution >= 0.6 is 0 Å². The second kappa shape index (κ2) is 14.3. The topological polar surface area (TPSA) is 156 Å². The molecule has 1 aromatic carbocycles. The average molecular weight is 744 g/mol. The van der Waals surface area contributed by atoms with Crippen LogP contribution in [0.1, 0.15) is 71.3 Å². The third-order valence-corrected chi connectivity index (χ3v) is 11.3. The third-order valence-electron chi connectivity index (χ3n) is 10.0. The highest BCUT2D eigenvalue weighted by atomic mass is 32.2. The molecule has 280 valence electrons. The van der Waals surface area contributed by atoms with E-state index in [0.717, 1.165) is 45.1 Å². The molecule has 4 aromatic rings. The van der Waals surface area contributed by atoms with Crippen molar-refractivity contribution in [2.45, 2.75) is 94.5 Å². The Labute approximate surface area is 301 Å². The van der Waals surface area contributed by atoms with Crippen LogP contribution in [0.5, 0.6) is 5.88 Å². The first-order chi connectivity index (χ1) is 24.5. The molecule has 0 amide bonds. The first-order valence-corrected chi connectivity index (χ1v) is 18.9. The zero-order valence-electron chi connectivity index (χ0n) is 29.4. The molecule has 1 saturated carbocycles. The maximum absolute atomic E-state index is 13.8. The Morgan fingerprint density at radius 1 is 0.962 bits per heavy atom. The fourth-order valence-electron chi connectivity index (χ4n) is 6.55. The molecule has 4 heterocycles. The van der Waals surface area contributed by atoms with Gasteiger partial charge in [-0.05, 0) is 77.0 Å². The Hall–Kier alpha value is -4.28. The maximum Gasteiger partial charge on any atom is 0.397 e. The molecule has 12 nitrogen and oxygen atoms in total. The lowest BCUT2D eigenvalue weighted by Crippen LogP contribution is -2.55. The van der Waals surface area contributed by atoms with Gasteiger partial charge in [0.15, 0.2) is 16.7 Å². The van der Waals surface area contributed by atoms with E-state index in [2.05, 4.69) is 19.8 Å². The largest absolute Gasteiger partial charge is 0.476 e. The van der Waals surface area contributed by atoms with E-state index in [1.165, 1.54) is 29.2 Å². The van der Waals surface area contributed by atoms with E-state index in [1.807, 2.05) is 29.2 Å². The number of alkyl halides is 3. The fraction of sp³-hybridized carbons (Fsp3) is 0.500. The number of fused-ring (bicyclic) bond motifs is 6. The summed E-state index contributed by atoms with van der Waals surface area (Å²) in [7, 11) is -4.30. The van der Waals surface area contributed by atoms with Gasteiger partial charge in [0, 0.05) is 24.4 Å².